The van der Waals surface area contributed by atoms with Crippen molar-refractivity contribution in [3.05, 3.63) is 53.9 Å². The summed E-state index contributed by atoms with van der Waals surface area (Å²) in [6.07, 6.45) is 6.45. The third-order valence-electron chi connectivity index (χ3n) is 5.15. The quantitative estimate of drug-likeness (QED) is 0.648. The minimum absolute atomic E-state index is 0.472. The van der Waals surface area contributed by atoms with Crippen molar-refractivity contribution in [2.24, 2.45) is 0 Å². The maximum absolute atomic E-state index is 4.91. The lowest BCUT2D eigenvalue weighted by Crippen LogP contribution is -2.35. The van der Waals surface area contributed by atoms with E-state index < -0.39 is 0 Å². The first-order valence-electron chi connectivity index (χ1n) is 9.62. The Bertz CT molecular complexity index is 854. The van der Waals surface area contributed by atoms with Crippen LogP contribution >= 0.6 is 11.3 Å². The second-order valence-corrected chi connectivity index (χ2v) is 8.29. The Morgan fingerprint density at radius 1 is 1.22 bits per heavy atom. The monoisotopic (exact) mass is 381 g/mol. The number of anilines is 1. The number of likely N-dealkylation sites (N-methyl/N-ethyl adjacent to an activating group) is 1. The molecule has 1 aliphatic rings. The molecule has 1 fully saturated rings. The van der Waals surface area contributed by atoms with E-state index in [4.69, 9.17) is 9.97 Å². The fraction of sp³-hybridized carbons (Fsp3) is 0.429. The average molecular weight is 382 g/mol. The van der Waals surface area contributed by atoms with Crippen molar-refractivity contribution in [2.45, 2.75) is 25.3 Å². The molecule has 0 N–H and O–H groups in total. The maximum atomic E-state index is 4.91. The van der Waals surface area contributed by atoms with Gasteiger partial charge in [-0.25, -0.2) is 9.97 Å². The van der Waals surface area contributed by atoms with E-state index in [9.17, 15) is 0 Å². The van der Waals surface area contributed by atoms with Gasteiger partial charge in [0.2, 0.25) is 0 Å². The second kappa shape index (κ2) is 8.23. The van der Waals surface area contributed by atoms with Crippen LogP contribution in [0.1, 0.15) is 24.6 Å². The molecule has 1 atom stereocenters. The van der Waals surface area contributed by atoms with Gasteiger partial charge < -0.3 is 14.4 Å². The van der Waals surface area contributed by atoms with Crippen molar-refractivity contribution in [3.8, 4) is 11.3 Å². The van der Waals surface area contributed by atoms with Crippen LogP contribution in [0, 0.1) is 0 Å². The highest BCUT2D eigenvalue weighted by Gasteiger charge is 2.26. The molecule has 4 rings (SSSR count). The molecule has 0 unspecified atom stereocenters. The second-order valence-electron chi connectivity index (χ2n) is 7.45. The predicted molar refractivity (Wildman–Crippen MR) is 113 cm³/mol. The summed E-state index contributed by atoms with van der Waals surface area (Å²) in [6.45, 7) is 4.11. The lowest BCUT2D eigenvalue weighted by molar-refractivity contribution is 0.373. The first-order chi connectivity index (χ1) is 13.2. The van der Waals surface area contributed by atoms with Gasteiger partial charge in [0.15, 0.2) is 5.13 Å². The molecule has 1 aliphatic heterocycles. The van der Waals surface area contributed by atoms with Crippen LogP contribution in [0.15, 0.2) is 48.1 Å². The van der Waals surface area contributed by atoms with Crippen molar-refractivity contribution in [1.29, 1.82) is 0 Å². The number of nitrogens with zero attached hydrogens (tertiary/aromatic N) is 5. The van der Waals surface area contributed by atoms with Crippen LogP contribution in [0.2, 0.25) is 0 Å². The van der Waals surface area contributed by atoms with Crippen LogP contribution in [0.25, 0.3) is 11.3 Å². The number of rotatable bonds is 6. The van der Waals surface area contributed by atoms with Crippen LogP contribution in [-0.2, 0) is 6.54 Å². The Labute approximate surface area is 165 Å². The van der Waals surface area contributed by atoms with E-state index in [2.05, 4.69) is 64.3 Å². The van der Waals surface area contributed by atoms with E-state index in [0.717, 1.165) is 37.0 Å². The van der Waals surface area contributed by atoms with Gasteiger partial charge in [0, 0.05) is 55.4 Å². The zero-order valence-electron chi connectivity index (χ0n) is 16.1. The third-order valence-corrected chi connectivity index (χ3v) is 6.06. The molecule has 3 aromatic rings. The Kier molecular flexibility index (Phi) is 5.55. The topological polar surface area (TPSA) is 37.2 Å². The number of imidazole rings is 1. The summed E-state index contributed by atoms with van der Waals surface area (Å²) in [5, 5.41) is 3.30. The van der Waals surface area contributed by atoms with Crippen molar-refractivity contribution in [3.63, 3.8) is 0 Å². The Morgan fingerprint density at radius 3 is 2.89 bits per heavy atom. The molecule has 0 spiro atoms. The normalized spacial score (nSPS) is 17.6. The van der Waals surface area contributed by atoms with E-state index in [1.165, 1.54) is 24.2 Å². The number of thiazole rings is 1. The first kappa shape index (κ1) is 18.2. The predicted octanol–water partition coefficient (Wildman–Crippen LogP) is 3.95. The van der Waals surface area contributed by atoms with Gasteiger partial charge in [-0.1, -0.05) is 30.3 Å². The first-order valence-corrected chi connectivity index (χ1v) is 10.5. The van der Waals surface area contributed by atoms with Crippen LogP contribution in [0.4, 0.5) is 5.13 Å². The molecule has 5 nitrogen and oxygen atoms in total. The number of aromatic nitrogens is 3. The van der Waals surface area contributed by atoms with Crippen molar-refractivity contribution < 1.29 is 0 Å². The Balaban J connectivity index is 1.48. The highest BCUT2D eigenvalue weighted by atomic mass is 32.1. The van der Waals surface area contributed by atoms with Gasteiger partial charge in [-0.3, -0.25) is 0 Å². The lowest BCUT2D eigenvalue weighted by Gasteiger charge is -2.32. The Morgan fingerprint density at radius 2 is 2.07 bits per heavy atom. The van der Waals surface area contributed by atoms with Gasteiger partial charge >= 0.3 is 0 Å². The number of hydrogen-bond donors (Lipinski definition) is 0. The van der Waals surface area contributed by atoms with Crippen molar-refractivity contribution in [2.75, 3.05) is 38.6 Å². The van der Waals surface area contributed by atoms with Gasteiger partial charge in [0.1, 0.15) is 5.82 Å². The van der Waals surface area contributed by atoms with Crippen LogP contribution < -0.4 is 4.90 Å². The number of benzene rings is 1. The van der Waals surface area contributed by atoms with E-state index in [1.54, 1.807) is 11.3 Å². The molecule has 2 aromatic heterocycles. The smallest absolute Gasteiger partial charge is 0.185 e. The molecule has 0 aliphatic carbocycles. The fourth-order valence-corrected chi connectivity index (χ4v) is 4.56. The molecule has 27 heavy (non-hydrogen) atoms. The molecule has 142 valence electrons. The molecule has 0 amide bonds. The van der Waals surface area contributed by atoms with Crippen LogP contribution in [0.5, 0.6) is 0 Å². The molecule has 1 saturated heterocycles. The molecule has 1 aromatic carbocycles. The zero-order chi connectivity index (χ0) is 18.6. The van der Waals surface area contributed by atoms with Crippen molar-refractivity contribution >= 4 is 16.5 Å². The van der Waals surface area contributed by atoms with E-state index in [1.807, 2.05) is 12.3 Å². The molecular weight excluding hydrogens is 354 g/mol. The zero-order valence-corrected chi connectivity index (χ0v) is 16.9. The molecule has 3 heterocycles. The Hall–Kier alpha value is -2.18. The summed E-state index contributed by atoms with van der Waals surface area (Å²) in [6, 6.07) is 10.4. The summed E-state index contributed by atoms with van der Waals surface area (Å²) in [5.74, 6) is 1.70. The lowest BCUT2D eigenvalue weighted by atomic mass is 9.97. The minimum Gasteiger partial charge on any atom is -0.347 e. The molecule has 6 heteroatoms. The summed E-state index contributed by atoms with van der Waals surface area (Å²) in [5.41, 5.74) is 2.26. The van der Waals surface area contributed by atoms with Gasteiger partial charge in [-0.2, -0.15) is 0 Å². The van der Waals surface area contributed by atoms with Crippen molar-refractivity contribution in [1.82, 2.24) is 19.4 Å². The molecular formula is C21H27N5S. The minimum atomic E-state index is 0.472. The SMILES string of the molecule is CN(C)CCn1ccnc1[C@H]1CCCN(c2nc(-c3ccccc3)cs2)C1. The fourth-order valence-electron chi connectivity index (χ4n) is 3.69. The summed E-state index contributed by atoms with van der Waals surface area (Å²) in [4.78, 5) is 14.3. The molecule has 0 radical (unpaired) electrons. The molecule has 0 saturated carbocycles. The number of piperidine rings is 1. The third kappa shape index (κ3) is 4.22. The standard InChI is InChI=1S/C21H27N5S/c1-24(2)13-14-25-12-10-22-20(25)18-9-6-11-26(15-18)21-23-19(16-27-21)17-7-4-3-5-8-17/h3-5,7-8,10,12,16,18H,6,9,11,13-15H2,1-2H3/t18-/m0/s1. The van der Waals surface area contributed by atoms with Crippen LogP contribution in [-0.4, -0.2) is 53.2 Å². The van der Waals surface area contributed by atoms with Gasteiger partial charge in [-0.15, -0.1) is 11.3 Å². The molecule has 0 bridgehead atoms. The largest absolute Gasteiger partial charge is 0.347 e. The van der Waals surface area contributed by atoms with Gasteiger partial charge in [0.25, 0.3) is 0 Å². The maximum Gasteiger partial charge on any atom is 0.185 e. The van der Waals surface area contributed by atoms with E-state index >= 15 is 0 Å². The highest BCUT2D eigenvalue weighted by Crippen LogP contribution is 2.33. The van der Waals surface area contributed by atoms with Crippen LogP contribution in [0.3, 0.4) is 0 Å². The van der Waals surface area contributed by atoms with E-state index in [-0.39, 0.29) is 0 Å². The summed E-state index contributed by atoms with van der Waals surface area (Å²) < 4.78 is 2.32. The van der Waals surface area contributed by atoms with Gasteiger partial charge in [0.05, 0.1) is 5.69 Å². The summed E-state index contributed by atoms with van der Waals surface area (Å²) >= 11 is 1.75. The number of hydrogen-bond acceptors (Lipinski definition) is 5. The highest BCUT2D eigenvalue weighted by molar-refractivity contribution is 7.14. The van der Waals surface area contributed by atoms with Gasteiger partial charge in [-0.05, 0) is 26.9 Å². The van der Waals surface area contributed by atoms with E-state index in [0.29, 0.717) is 5.92 Å². The average Bonchev–Trinajstić information content (AvgIpc) is 3.37. The summed E-state index contributed by atoms with van der Waals surface area (Å²) in [7, 11) is 4.23.